The molecular weight excluding hydrogens is 367 g/mol. The molecule has 2 N–H and O–H groups in total. The summed E-state index contributed by atoms with van der Waals surface area (Å²) in [7, 11) is -3.93. The van der Waals surface area contributed by atoms with Gasteiger partial charge in [-0.3, -0.25) is 9.88 Å². The Morgan fingerprint density at radius 3 is 2.81 bits per heavy atom. The molecular formula is C19H25FN4O2S. The molecule has 1 aromatic heterocycles. The van der Waals surface area contributed by atoms with E-state index >= 15 is 0 Å². The van der Waals surface area contributed by atoms with Gasteiger partial charge in [0.1, 0.15) is 0 Å². The first-order valence-corrected chi connectivity index (χ1v) is 10.8. The van der Waals surface area contributed by atoms with Crippen LogP contribution in [0.3, 0.4) is 0 Å². The standard InChI is InChI=1S/C19H25FN4O2S/c1-3-8-19(21)18(2)13-23(19)9-5-10-24(18)27(25,26)16-7-4-6-14-11-22-12-15(20)17(14)16/h4,6-7,11-12H,3,5,8-10,13,21H2,1-2H3/t18-,19?/m0/s1. The highest BCUT2D eigenvalue weighted by molar-refractivity contribution is 7.89. The van der Waals surface area contributed by atoms with Crippen molar-refractivity contribution < 1.29 is 12.8 Å². The molecule has 27 heavy (non-hydrogen) atoms. The molecule has 8 heteroatoms. The van der Waals surface area contributed by atoms with Crippen LogP contribution < -0.4 is 5.73 Å². The quantitative estimate of drug-likeness (QED) is 0.864. The number of nitrogens with two attached hydrogens (primary N) is 1. The molecule has 0 amide bonds. The van der Waals surface area contributed by atoms with E-state index < -0.39 is 27.0 Å². The van der Waals surface area contributed by atoms with Gasteiger partial charge in [-0.2, -0.15) is 4.31 Å². The van der Waals surface area contributed by atoms with Gasteiger partial charge in [-0.05, 0) is 25.8 Å². The van der Waals surface area contributed by atoms with Crippen molar-refractivity contribution in [2.24, 2.45) is 5.73 Å². The zero-order valence-electron chi connectivity index (χ0n) is 15.7. The van der Waals surface area contributed by atoms with E-state index in [1.165, 1.54) is 16.6 Å². The minimum Gasteiger partial charge on any atom is -0.312 e. The summed E-state index contributed by atoms with van der Waals surface area (Å²) in [6.07, 6.45) is 4.82. The molecule has 2 bridgehead atoms. The van der Waals surface area contributed by atoms with E-state index in [4.69, 9.17) is 5.73 Å². The second-order valence-electron chi connectivity index (χ2n) is 7.78. The van der Waals surface area contributed by atoms with E-state index in [1.54, 1.807) is 12.1 Å². The number of hydrogen-bond donors (Lipinski definition) is 1. The van der Waals surface area contributed by atoms with Crippen LogP contribution in [0.4, 0.5) is 4.39 Å². The lowest BCUT2D eigenvalue weighted by atomic mass is 9.73. The Labute approximate surface area is 159 Å². The van der Waals surface area contributed by atoms with Gasteiger partial charge in [0.15, 0.2) is 5.82 Å². The third-order valence-electron chi connectivity index (χ3n) is 6.23. The first-order valence-electron chi connectivity index (χ1n) is 9.35. The smallest absolute Gasteiger partial charge is 0.244 e. The fraction of sp³-hybridized carbons (Fsp3) is 0.526. The zero-order chi connectivity index (χ0) is 19.4. The number of sulfonamides is 1. The number of fused-ring (bicyclic) bond motifs is 4. The molecule has 0 aliphatic carbocycles. The summed E-state index contributed by atoms with van der Waals surface area (Å²) < 4.78 is 43.4. The molecule has 1 aromatic carbocycles. The molecule has 146 valence electrons. The van der Waals surface area contributed by atoms with Gasteiger partial charge in [-0.25, -0.2) is 12.8 Å². The number of hydrogen-bond acceptors (Lipinski definition) is 5. The van der Waals surface area contributed by atoms with Crippen LogP contribution in [0.2, 0.25) is 0 Å². The Morgan fingerprint density at radius 2 is 2.07 bits per heavy atom. The fourth-order valence-electron chi connectivity index (χ4n) is 4.81. The van der Waals surface area contributed by atoms with Crippen LogP contribution in [0.15, 0.2) is 35.5 Å². The maximum Gasteiger partial charge on any atom is 0.244 e. The van der Waals surface area contributed by atoms with E-state index in [9.17, 15) is 12.8 Å². The molecule has 0 spiro atoms. The second-order valence-corrected chi connectivity index (χ2v) is 9.61. The van der Waals surface area contributed by atoms with Crippen LogP contribution in [0.1, 0.15) is 33.1 Å². The van der Waals surface area contributed by atoms with Gasteiger partial charge in [0.05, 0.1) is 22.3 Å². The summed E-state index contributed by atoms with van der Waals surface area (Å²) >= 11 is 0. The van der Waals surface area contributed by atoms with E-state index in [2.05, 4.69) is 16.8 Å². The molecule has 2 unspecified atom stereocenters. The van der Waals surface area contributed by atoms with Crippen LogP contribution in [-0.2, 0) is 10.0 Å². The topological polar surface area (TPSA) is 79.5 Å². The lowest BCUT2D eigenvalue weighted by Crippen LogP contribution is -2.85. The van der Waals surface area contributed by atoms with Gasteiger partial charge >= 0.3 is 0 Å². The van der Waals surface area contributed by atoms with Gasteiger partial charge in [0, 0.05) is 36.6 Å². The largest absolute Gasteiger partial charge is 0.312 e. The monoisotopic (exact) mass is 392 g/mol. The molecule has 2 aromatic rings. The van der Waals surface area contributed by atoms with Crippen molar-refractivity contribution in [1.82, 2.24) is 14.2 Å². The summed E-state index contributed by atoms with van der Waals surface area (Å²) in [4.78, 5) is 6.00. The second kappa shape index (κ2) is 6.20. The van der Waals surface area contributed by atoms with E-state index in [-0.39, 0.29) is 10.3 Å². The highest BCUT2D eigenvalue weighted by atomic mass is 32.2. The van der Waals surface area contributed by atoms with Crippen molar-refractivity contribution in [3.63, 3.8) is 0 Å². The minimum atomic E-state index is -3.93. The lowest BCUT2D eigenvalue weighted by molar-refractivity contribution is -0.129. The third-order valence-corrected chi connectivity index (χ3v) is 8.30. The van der Waals surface area contributed by atoms with E-state index in [0.29, 0.717) is 31.3 Å². The Kier molecular flexibility index (Phi) is 4.30. The Balaban J connectivity index is 1.88. The number of halogens is 1. The molecule has 0 saturated carbocycles. The van der Waals surface area contributed by atoms with Gasteiger partial charge in [-0.15, -0.1) is 0 Å². The Morgan fingerprint density at radius 1 is 1.30 bits per heavy atom. The summed E-state index contributed by atoms with van der Waals surface area (Å²) in [6, 6.07) is 4.78. The predicted octanol–water partition coefficient (Wildman–Crippen LogP) is 2.30. The van der Waals surface area contributed by atoms with Gasteiger partial charge in [0.25, 0.3) is 0 Å². The number of nitrogens with zero attached hydrogens (tertiary/aromatic N) is 3. The Bertz CT molecular complexity index is 993. The molecule has 3 fully saturated rings. The third kappa shape index (κ3) is 2.47. The lowest BCUT2D eigenvalue weighted by Gasteiger charge is -2.64. The maximum absolute atomic E-state index is 14.5. The first kappa shape index (κ1) is 18.7. The predicted molar refractivity (Wildman–Crippen MR) is 102 cm³/mol. The summed E-state index contributed by atoms with van der Waals surface area (Å²) in [5, 5.41) is 0.563. The molecule has 3 aliphatic heterocycles. The van der Waals surface area contributed by atoms with Crippen LogP contribution in [0.25, 0.3) is 10.8 Å². The van der Waals surface area contributed by atoms with Crippen molar-refractivity contribution >= 4 is 20.8 Å². The van der Waals surface area contributed by atoms with Crippen LogP contribution in [0.5, 0.6) is 0 Å². The number of rotatable bonds is 4. The van der Waals surface area contributed by atoms with Crippen LogP contribution in [0, 0.1) is 5.82 Å². The molecule has 5 rings (SSSR count). The number of aromatic nitrogens is 1. The molecule has 4 heterocycles. The van der Waals surface area contributed by atoms with Crippen molar-refractivity contribution in [1.29, 1.82) is 0 Å². The maximum atomic E-state index is 14.5. The van der Waals surface area contributed by atoms with Crippen molar-refractivity contribution in [2.75, 3.05) is 19.6 Å². The van der Waals surface area contributed by atoms with Gasteiger partial charge in [-0.1, -0.05) is 25.5 Å². The summed E-state index contributed by atoms with van der Waals surface area (Å²) in [5.74, 6) is -0.630. The molecule has 3 saturated heterocycles. The molecule has 0 radical (unpaired) electrons. The highest BCUT2D eigenvalue weighted by Gasteiger charge is 2.65. The normalized spacial score (nSPS) is 31.5. The van der Waals surface area contributed by atoms with Gasteiger partial charge < -0.3 is 5.73 Å². The van der Waals surface area contributed by atoms with E-state index in [0.717, 1.165) is 19.2 Å². The van der Waals surface area contributed by atoms with Crippen LogP contribution in [-0.4, -0.2) is 53.4 Å². The summed E-state index contributed by atoms with van der Waals surface area (Å²) in [6.45, 7) is 5.71. The average molecular weight is 393 g/mol. The SMILES string of the molecule is CCCC1(N)N2CCCN(S(=O)(=O)c3cccc4cncc(F)c34)[C@@]1(C)C2. The molecule has 6 nitrogen and oxygen atoms in total. The molecule has 3 atom stereocenters. The molecule has 3 aliphatic rings. The minimum absolute atomic E-state index is 0.0136. The summed E-state index contributed by atoms with van der Waals surface area (Å²) in [5.41, 5.74) is 5.32. The fourth-order valence-corrected chi connectivity index (χ4v) is 6.89. The number of benzene rings is 1. The first-order chi connectivity index (χ1) is 12.8. The highest BCUT2D eigenvalue weighted by Crippen LogP contribution is 2.48. The van der Waals surface area contributed by atoms with Crippen molar-refractivity contribution in [2.45, 2.75) is 49.2 Å². The Hall–Kier alpha value is -1.61. The zero-order valence-corrected chi connectivity index (χ0v) is 16.5. The van der Waals surface area contributed by atoms with Crippen molar-refractivity contribution in [3.8, 4) is 0 Å². The average Bonchev–Trinajstić information content (AvgIpc) is 2.89. The van der Waals surface area contributed by atoms with Crippen molar-refractivity contribution in [3.05, 3.63) is 36.4 Å². The van der Waals surface area contributed by atoms with Gasteiger partial charge in [0.2, 0.25) is 10.0 Å². The van der Waals surface area contributed by atoms with E-state index in [1.807, 2.05) is 6.92 Å². The number of pyridine rings is 1. The van der Waals surface area contributed by atoms with Crippen LogP contribution >= 0.6 is 0 Å².